The van der Waals surface area contributed by atoms with E-state index in [-0.39, 0.29) is 17.3 Å². The van der Waals surface area contributed by atoms with Gasteiger partial charge in [0.25, 0.3) is 0 Å². The molecule has 276 valence electrons. The van der Waals surface area contributed by atoms with Gasteiger partial charge in [-0.05, 0) is 130 Å². The summed E-state index contributed by atoms with van der Waals surface area (Å²) in [5, 5.41) is 8.11. The average Bonchev–Trinajstić information content (AvgIpc) is 3.92. The zero-order valence-electron chi connectivity index (χ0n) is 32.6. The molecule has 5 aromatic carbocycles. The summed E-state index contributed by atoms with van der Waals surface area (Å²) in [4.78, 5) is 11.1. The summed E-state index contributed by atoms with van der Waals surface area (Å²) in [6.07, 6.45) is 11.2. The Morgan fingerprint density at radius 3 is 1.98 bits per heavy atom. The van der Waals surface area contributed by atoms with Gasteiger partial charge in [-0.2, -0.15) is 0 Å². The molecule has 8 aliphatic rings. The third-order valence-electron chi connectivity index (χ3n) is 16.6. The van der Waals surface area contributed by atoms with Gasteiger partial charge < -0.3 is 8.82 Å². The van der Waals surface area contributed by atoms with Gasteiger partial charge in [0, 0.05) is 55.3 Å². The molecule has 4 heteroatoms. The largest absolute Gasteiger partial charge is 0.456 e. The quantitative estimate of drug-likeness (QED) is 0.155. The van der Waals surface area contributed by atoms with Gasteiger partial charge in [0.15, 0.2) is 0 Å². The minimum atomic E-state index is -0.226. The fourth-order valence-corrected chi connectivity index (χ4v) is 14.7. The Bertz CT molecular complexity index is 3520. The number of para-hydroxylation sites is 1. The lowest BCUT2D eigenvalue weighted by Gasteiger charge is -2.41. The standard InChI is InChI=1S/C54H39N3O/c1-54(2)38-21-35-29-9-7-8-14-41(29)58-42(35)22-34(38)36-20-37-46-39(23-56-52-45-32-12-5-3-10-30(32)44(48(46)52)31-11-4-6-13-33(31)45)57-40-24-55-51-28-18-25-15-26(19-28)17-27(16-25)43(51)47(40)49(50(36)54)53(37)57/h3-14,20-28,44-45H,15-19H2,1-2H3. The minimum Gasteiger partial charge on any atom is -0.456 e. The third kappa shape index (κ3) is 3.22. The Hall–Kier alpha value is -6.00. The van der Waals surface area contributed by atoms with Crippen molar-refractivity contribution in [1.82, 2.24) is 14.4 Å². The van der Waals surface area contributed by atoms with E-state index in [1.165, 1.54) is 142 Å². The molecule has 0 amide bonds. The summed E-state index contributed by atoms with van der Waals surface area (Å²) in [5.74, 6) is 3.08. The number of aromatic nitrogens is 3. The Morgan fingerprint density at radius 2 is 1.22 bits per heavy atom. The van der Waals surface area contributed by atoms with E-state index in [4.69, 9.17) is 14.4 Å². The van der Waals surface area contributed by atoms with Crippen LogP contribution in [0.25, 0.3) is 71.2 Å². The highest BCUT2D eigenvalue weighted by atomic mass is 16.3. The molecule has 0 saturated heterocycles. The van der Waals surface area contributed by atoms with Gasteiger partial charge in [0.2, 0.25) is 0 Å². The number of hydrogen-bond acceptors (Lipinski definition) is 3. The van der Waals surface area contributed by atoms with E-state index in [9.17, 15) is 0 Å². The van der Waals surface area contributed by atoms with Gasteiger partial charge in [-0.1, -0.05) is 80.6 Å². The molecule has 2 fully saturated rings. The normalized spacial score (nSPS) is 25.2. The van der Waals surface area contributed by atoms with E-state index in [0.717, 1.165) is 23.0 Å². The van der Waals surface area contributed by atoms with E-state index in [0.29, 0.717) is 11.8 Å². The van der Waals surface area contributed by atoms with Gasteiger partial charge in [0.05, 0.1) is 40.6 Å². The van der Waals surface area contributed by atoms with Crippen molar-refractivity contribution in [3.8, 4) is 11.1 Å². The first-order valence-corrected chi connectivity index (χ1v) is 21.7. The van der Waals surface area contributed by atoms with E-state index in [1.807, 2.05) is 0 Å². The fourth-order valence-electron chi connectivity index (χ4n) is 14.7. The zero-order chi connectivity index (χ0) is 37.5. The lowest BCUT2D eigenvalue weighted by Crippen LogP contribution is -2.28. The Kier molecular flexibility index (Phi) is 5.01. The minimum absolute atomic E-state index is 0.128. The van der Waals surface area contributed by atoms with Crippen molar-refractivity contribution in [3.05, 3.63) is 159 Å². The molecule has 2 saturated carbocycles. The summed E-state index contributed by atoms with van der Waals surface area (Å²) in [6.45, 7) is 4.98. The number of nitrogens with zero attached hydrogens (tertiary/aromatic N) is 3. The highest BCUT2D eigenvalue weighted by Crippen LogP contribution is 2.63. The topological polar surface area (TPSA) is 43.3 Å². The predicted octanol–water partition coefficient (Wildman–Crippen LogP) is 13.2. The van der Waals surface area contributed by atoms with Crippen LogP contribution in [0.1, 0.15) is 126 Å². The molecular weight excluding hydrogens is 707 g/mol. The molecule has 0 radical (unpaired) electrons. The highest BCUT2D eigenvalue weighted by molar-refractivity contribution is 6.28. The summed E-state index contributed by atoms with van der Waals surface area (Å²) in [6, 6.07) is 34.3. The number of rotatable bonds is 0. The zero-order valence-corrected chi connectivity index (χ0v) is 32.6. The van der Waals surface area contributed by atoms with E-state index in [2.05, 4.69) is 122 Å². The Labute approximate surface area is 334 Å². The van der Waals surface area contributed by atoms with Gasteiger partial charge in [-0.15, -0.1) is 0 Å². The maximum Gasteiger partial charge on any atom is 0.136 e. The molecule has 8 aliphatic carbocycles. The number of furan rings is 1. The average molecular weight is 746 g/mol. The Balaban J connectivity index is 1.10. The van der Waals surface area contributed by atoms with Gasteiger partial charge >= 0.3 is 0 Å². The van der Waals surface area contributed by atoms with Crippen LogP contribution in [0.5, 0.6) is 0 Å². The smallest absolute Gasteiger partial charge is 0.136 e. The molecule has 58 heavy (non-hydrogen) atoms. The number of benzene rings is 5. The number of pyridine rings is 2. The first-order chi connectivity index (χ1) is 28.5. The van der Waals surface area contributed by atoms with Crippen LogP contribution < -0.4 is 0 Å². The van der Waals surface area contributed by atoms with Gasteiger partial charge in [-0.3, -0.25) is 9.97 Å². The van der Waals surface area contributed by atoms with Crippen LogP contribution in [0.15, 0.2) is 108 Å². The van der Waals surface area contributed by atoms with Crippen LogP contribution in [0.4, 0.5) is 0 Å². The second kappa shape index (κ2) is 9.64. The number of hydrogen-bond donors (Lipinski definition) is 0. The van der Waals surface area contributed by atoms with Crippen LogP contribution in [0.3, 0.4) is 0 Å². The number of fused-ring (bicyclic) bond motifs is 13. The maximum absolute atomic E-state index is 6.63. The fraction of sp³-hybridized carbons (Fsp3) is 0.259. The van der Waals surface area contributed by atoms with Crippen molar-refractivity contribution in [3.63, 3.8) is 0 Å². The maximum atomic E-state index is 6.63. The van der Waals surface area contributed by atoms with Crippen molar-refractivity contribution in [2.45, 2.75) is 75.0 Å². The van der Waals surface area contributed by atoms with Crippen LogP contribution in [0.2, 0.25) is 0 Å². The molecule has 10 aromatic rings. The second-order valence-electron chi connectivity index (χ2n) is 19.6. The lowest BCUT2D eigenvalue weighted by atomic mass is 9.62. The summed E-state index contributed by atoms with van der Waals surface area (Å²) in [7, 11) is 0. The molecule has 4 nitrogen and oxygen atoms in total. The summed E-state index contributed by atoms with van der Waals surface area (Å²) in [5.41, 5.74) is 22.5. The van der Waals surface area contributed by atoms with Crippen LogP contribution in [-0.4, -0.2) is 14.4 Å². The van der Waals surface area contributed by atoms with E-state index < -0.39 is 0 Å². The molecule has 2 unspecified atom stereocenters. The molecule has 5 heterocycles. The monoisotopic (exact) mass is 745 g/mol. The van der Waals surface area contributed by atoms with Crippen LogP contribution >= 0.6 is 0 Å². The van der Waals surface area contributed by atoms with Crippen molar-refractivity contribution in [2.75, 3.05) is 0 Å². The molecule has 18 rings (SSSR count). The van der Waals surface area contributed by atoms with E-state index in [1.54, 1.807) is 5.56 Å². The van der Waals surface area contributed by atoms with E-state index >= 15 is 0 Å². The van der Waals surface area contributed by atoms with Crippen LogP contribution in [0, 0.1) is 11.8 Å². The highest BCUT2D eigenvalue weighted by Gasteiger charge is 2.48. The summed E-state index contributed by atoms with van der Waals surface area (Å²) >= 11 is 0. The van der Waals surface area contributed by atoms with Crippen molar-refractivity contribution in [1.29, 1.82) is 0 Å². The van der Waals surface area contributed by atoms with Crippen molar-refractivity contribution < 1.29 is 4.42 Å². The predicted molar refractivity (Wildman–Crippen MR) is 232 cm³/mol. The molecule has 2 atom stereocenters. The SMILES string of the molecule is CC1(C)c2cc3c(cc2-c2cc4c5c6c(ncc5n5c7cnc8c(c7c(c21)c45)C1CC2CC(CC8C2)C1)C1c2ccccc2C6c2ccccc21)oc1ccccc13. The van der Waals surface area contributed by atoms with Gasteiger partial charge in [0.1, 0.15) is 11.2 Å². The van der Waals surface area contributed by atoms with Crippen molar-refractivity contribution in [2.24, 2.45) is 11.8 Å². The second-order valence-corrected chi connectivity index (χ2v) is 19.6. The first kappa shape index (κ1) is 30.1. The molecule has 0 aliphatic heterocycles. The third-order valence-corrected chi connectivity index (χ3v) is 16.6. The molecule has 6 bridgehead atoms. The molecule has 0 spiro atoms. The molecule has 5 aromatic heterocycles. The van der Waals surface area contributed by atoms with Crippen LogP contribution in [-0.2, 0) is 5.41 Å². The lowest BCUT2D eigenvalue weighted by molar-refractivity contribution is 0.165. The molecule has 0 N–H and O–H groups in total. The van der Waals surface area contributed by atoms with Gasteiger partial charge in [-0.25, -0.2) is 0 Å². The van der Waals surface area contributed by atoms with Crippen molar-refractivity contribution >= 4 is 60.0 Å². The first-order valence-electron chi connectivity index (χ1n) is 21.7. The summed E-state index contributed by atoms with van der Waals surface area (Å²) < 4.78 is 9.26. The Morgan fingerprint density at radius 1 is 0.569 bits per heavy atom. The molecular formula is C54H39N3O.